The molecule has 1 atom stereocenters. The molecule has 0 heterocycles. The fraction of sp³-hybridized carbons (Fsp3) is 0.300. The summed E-state index contributed by atoms with van der Waals surface area (Å²) in [5, 5.41) is 17.1. The number of carbonyl (C=O) groups is 1. The highest BCUT2D eigenvalue weighted by Crippen LogP contribution is 2.19. The Hall–Kier alpha value is -1.22. The van der Waals surface area contributed by atoms with Crippen molar-refractivity contribution in [3.8, 4) is 0 Å². The van der Waals surface area contributed by atoms with Gasteiger partial charge in [0.1, 0.15) is 11.9 Å². The van der Waals surface area contributed by atoms with E-state index in [1.807, 2.05) is 4.72 Å². The van der Waals surface area contributed by atoms with Crippen molar-refractivity contribution >= 4 is 27.6 Å². The van der Waals surface area contributed by atoms with E-state index in [-0.39, 0.29) is 11.3 Å². The van der Waals surface area contributed by atoms with Crippen LogP contribution in [-0.2, 0) is 14.8 Å². The number of halogens is 2. The third-order valence-electron chi connectivity index (χ3n) is 2.21. The minimum atomic E-state index is -4.16. The summed E-state index contributed by atoms with van der Waals surface area (Å²) in [6.07, 6.45) is -0.288. The minimum absolute atomic E-state index is 0.288. The van der Waals surface area contributed by atoms with E-state index in [0.717, 1.165) is 18.2 Å². The zero-order valence-corrected chi connectivity index (χ0v) is 11.1. The topological polar surface area (TPSA) is 104 Å². The average Bonchev–Trinajstić information content (AvgIpc) is 2.31. The first-order chi connectivity index (χ1) is 8.77. The molecular formula is C10H11ClFNO5S. The number of hydrogen-bond acceptors (Lipinski definition) is 4. The van der Waals surface area contributed by atoms with Crippen LogP contribution in [0.3, 0.4) is 0 Å². The Morgan fingerprint density at radius 2 is 2.11 bits per heavy atom. The van der Waals surface area contributed by atoms with Crippen molar-refractivity contribution in [3.63, 3.8) is 0 Å². The quantitative estimate of drug-likeness (QED) is 0.713. The van der Waals surface area contributed by atoms with Gasteiger partial charge in [-0.1, -0.05) is 11.6 Å². The second kappa shape index (κ2) is 6.29. The zero-order chi connectivity index (χ0) is 14.6. The maximum absolute atomic E-state index is 12.9. The van der Waals surface area contributed by atoms with Gasteiger partial charge in [-0.2, -0.15) is 4.72 Å². The summed E-state index contributed by atoms with van der Waals surface area (Å²) in [6, 6.07) is 1.22. The maximum Gasteiger partial charge on any atom is 0.321 e. The number of rotatable bonds is 6. The van der Waals surface area contributed by atoms with Gasteiger partial charge in [0.25, 0.3) is 0 Å². The summed E-state index contributed by atoms with van der Waals surface area (Å²) < 4.78 is 38.5. The number of benzene rings is 1. The Labute approximate surface area is 113 Å². The molecule has 0 aromatic heterocycles. The summed E-state index contributed by atoms with van der Waals surface area (Å²) in [7, 11) is -4.16. The van der Waals surface area contributed by atoms with Gasteiger partial charge in [-0.3, -0.25) is 4.79 Å². The fourth-order valence-corrected chi connectivity index (χ4v) is 2.76. The second-order valence-electron chi connectivity index (χ2n) is 3.60. The van der Waals surface area contributed by atoms with E-state index in [4.69, 9.17) is 21.8 Å². The van der Waals surface area contributed by atoms with Crippen LogP contribution >= 0.6 is 11.6 Å². The van der Waals surface area contributed by atoms with Crippen LogP contribution in [0.1, 0.15) is 6.42 Å². The molecule has 0 aliphatic carbocycles. The zero-order valence-electron chi connectivity index (χ0n) is 9.51. The molecule has 0 fully saturated rings. The third-order valence-corrected chi connectivity index (χ3v) is 3.97. The highest BCUT2D eigenvalue weighted by molar-refractivity contribution is 7.89. The molecule has 9 heteroatoms. The highest BCUT2D eigenvalue weighted by atomic mass is 35.5. The lowest BCUT2D eigenvalue weighted by atomic mass is 10.2. The smallest absolute Gasteiger partial charge is 0.321 e. The number of sulfonamides is 1. The van der Waals surface area contributed by atoms with Crippen LogP contribution in [0.5, 0.6) is 0 Å². The van der Waals surface area contributed by atoms with E-state index in [1.54, 1.807) is 0 Å². The van der Waals surface area contributed by atoms with E-state index in [1.165, 1.54) is 0 Å². The van der Waals surface area contributed by atoms with Crippen LogP contribution in [0.4, 0.5) is 4.39 Å². The van der Waals surface area contributed by atoms with E-state index in [9.17, 15) is 17.6 Å². The van der Waals surface area contributed by atoms with Crippen molar-refractivity contribution < 1.29 is 27.8 Å². The number of aliphatic hydroxyl groups excluding tert-OH is 1. The number of aliphatic hydroxyl groups is 1. The Balaban J connectivity index is 3.03. The minimum Gasteiger partial charge on any atom is -0.480 e. The summed E-state index contributed by atoms with van der Waals surface area (Å²) in [6.45, 7) is -0.496. The highest BCUT2D eigenvalue weighted by Gasteiger charge is 2.25. The van der Waals surface area contributed by atoms with Crippen molar-refractivity contribution in [2.75, 3.05) is 6.61 Å². The predicted octanol–water partition coefficient (Wildman–Crippen LogP) is 0.593. The fourth-order valence-electron chi connectivity index (χ4n) is 1.26. The van der Waals surface area contributed by atoms with Crippen LogP contribution in [0.2, 0.25) is 5.02 Å². The Morgan fingerprint density at radius 3 is 2.58 bits per heavy atom. The molecule has 1 aromatic carbocycles. The van der Waals surface area contributed by atoms with Gasteiger partial charge in [0, 0.05) is 6.61 Å². The summed E-state index contributed by atoms with van der Waals surface area (Å²) in [5.74, 6) is -2.21. The Bertz CT molecular complexity index is 577. The molecule has 1 aromatic rings. The van der Waals surface area contributed by atoms with Crippen molar-refractivity contribution in [3.05, 3.63) is 29.0 Å². The summed E-state index contributed by atoms with van der Waals surface area (Å²) in [5.41, 5.74) is 0. The van der Waals surface area contributed by atoms with E-state index >= 15 is 0 Å². The lowest BCUT2D eigenvalue weighted by Crippen LogP contribution is -2.41. The van der Waals surface area contributed by atoms with Crippen molar-refractivity contribution in [1.29, 1.82) is 0 Å². The molecule has 0 amide bonds. The molecule has 106 valence electrons. The normalized spacial score (nSPS) is 13.2. The van der Waals surface area contributed by atoms with Crippen LogP contribution < -0.4 is 4.72 Å². The molecule has 0 aliphatic heterocycles. The molecule has 0 bridgehead atoms. The van der Waals surface area contributed by atoms with Gasteiger partial charge in [-0.15, -0.1) is 0 Å². The van der Waals surface area contributed by atoms with Gasteiger partial charge >= 0.3 is 5.97 Å². The number of carboxylic acids is 1. The molecule has 0 radical (unpaired) electrons. The molecular weight excluding hydrogens is 301 g/mol. The molecule has 19 heavy (non-hydrogen) atoms. The molecule has 0 spiro atoms. The lowest BCUT2D eigenvalue weighted by Gasteiger charge is -2.13. The first-order valence-electron chi connectivity index (χ1n) is 5.09. The molecule has 6 nitrogen and oxygen atoms in total. The monoisotopic (exact) mass is 311 g/mol. The van der Waals surface area contributed by atoms with Gasteiger partial charge in [-0.25, -0.2) is 12.8 Å². The van der Waals surface area contributed by atoms with Crippen LogP contribution in [0.25, 0.3) is 0 Å². The van der Waals surface area contributed by atoms with E-state index in [2.05, 4.69) is 0 Å². The van der Waals surface area contributed by atoms with E-state index in [0.29, 0.717) is 0 Å². The molecule has 0 aliphatic rings. The van der Waals surface area contributed by atoms with Crippen LogP contribution in [-0.4, -0.2) is 37.2 Å². The lowest BCUT2D eigenvalue weighted by molar-refractivity contribution is -0.139. The number of carboxylic acid groups (broad SMARTS) is 1. The van der Waals surface area contributed by atoms with Gasteiger partial charge < -0.3 is 10.2 Å². The first kappa shape index (κ1) is 15.8. The maximum atomic E-state index is 12.9. The van der Waals surface area contributed by atoms with Crippen LogP contribution in [0.15, 0.2) is 23.1 Å². The average molecular weight is 312 g/mol. The predicted molar refractivity (Wildman–Crippen MR) is 64.9 cm³/mol. The van der Waals surface area contributed by atoms with Gasteiger partial charge in [0.2, 0.25) is 10.0 Å². The third kappa shape index (κ3) is 4.13. The Morgan fingerprint density at radius 1 is 1.47 bits per heavy atom. The van der Waals surface area contributed by atoms with Gasteiger partial charge in [0.15, 0.2) is 0 Å². The first-order valence-corrected chi connectivity index (χ1v) is 6.95. The van der Waals surface area contributed by atoms with E-state index < -0.39 is 39.5 Å². The SMILES string of the molecule is O=C(O)[C@H](CCO)NS(=O)(=O)c1ccc(F)c(Cl)c1. The number of hydrogen-bond donors (Lipinski definition) is 3. The van der Waals surface area contributed by atoms with Crippen LogP contribution in [0, 0.1) is 5.82 Å². The second-order valence-corrected chi connectivity index (χ2v) is 5.72. The molecule has 0 saturated carbocycles. The number of aliphatic carboxylic acids is 1. The van der Waals surface area contributed by atoms with Crippen molar-refractivity contribution in [1.82, 2.24) is 4.72 Å². The number of nitrogens with one attached hydrogen (secondary N) is 1. The summed E-state index contributed by atoms with van der Waals surface area (Å²) in [4.78, 5) is 10.4. The molecule has 3 N–H and O–H groups in total. The molecule has 0 unspecified atom stereocenters. The Kier molecular flexibility index (Phi) is 5.24. The summed E-state index contributed by atoms with van der Waals surface area (Å²) >= 11 is 5.46. The molecule has 1 rings (SSSR count). The largest absolute Gasteiger partial charge is 0.480 e. The van der Waals surface area contributed by atoms with Gasteiger partial charge in [-0.05, 0) is 24.6 Å². The van der Waals surface area contributed by atoms with Crippen molar-refractivity contribution in [2.45, 2.75) is 17.4 Å². The molecule has 0 saturated heterocycles. The standard InChI is InChI=1S/C10H11ClFNO5S/c11-7-5-6(1-2-8(7)12)19(17,18)13-9(3-4-14)10(15)16/h1-2,5,9,13-14H,3-4H2,(H,15,16)/t9-/m0/s1. The van der Waals surface area contributed by atoms with Gasteiger partial charge in [0.05, 0.1) is 9.92 Å². The van der Waals surface area contributed by atoms with Crippen molar-refractivity contribution in [2.24, 2.45) is 0 Å².